The number of imidazole rings is 1. The van der Waals surface area contributed by atoms with Gasteiger partial charge in [0.15, 0.2) is 7.28 Å². The maximum Gasteiger partial charge on any atom is 0.197 e. The van der Waals surface area contributed by atoms with E-state index in [0.717, 1.165) is 28.0 Å². The molecule has 0 amide bonds. The third kappa shape index (κ3) is 5.80. The number of rotatable bonds is 3. The maximum atomic E-state index is 5.31. The Balaban J connectivity index is 1.35. The molecule has 1 aliphatic heterocycles. The highest BCUT2D eigenvalue weighted by atomic mass is 15.2. The summed E-state index contributed by atoms with van der Waals surface area (Å²) in [6, 6.07) is 34.6. The van der Waals surface area contributed by atoms with Gasteiger partial charge in [-0.3, -0.25) is 0 Å². The van der Waals surface area contributed by atoms with Crippen molar-refractivity contribution >= 4 is 46.3 Å². The van der Waals surface area contributed by atoms with Crippen LogP contribution >= 0.6 is 0 Å². The summed E-state index contributed by atoms with van der Waals surface area (Å²) in [5, 5.41) is 0. The lowest BCUT2D eigenvalue weighted by Gasteiger charge is -2.45. The van der Waals surface area contributed by atoms with E-state index in [9.17, 15) is 0 Å². The molecule has 9 rings (SSSR count). The van der Waals surface area contributed by atoms with Gasteiger partial charge in [-0.05, 0) is 122 Å². The Morgan fingerprint density at radius 2 is 1.22 bits per heavy atom. The number of aromatic nitrogens is 2. The van der Waals surface area contributed by atoms with E-state index >= 15 is 0 Å². The molecule has 0 spiro atoms. The predicted octanol–water partition coefficient (Wildman–Crippen LogP) is 12.3. The molecule has 1 radical (unpaired) electrons. The van der Waals surface area contributed by atoms with Gasteiger partial charge in [0, 0.05) is 28.2 Å². The molecule has 5 aromatic carbocycles. The van der Waals surface area contributed by atoms with Gasteiger partial charge in [0.1, 0.15) is 5.82 Å². The molecule has 55 heavy (non-hydrogen) atoms. The maximum absolute atomic E-state index is 5.31. The molecule has 3 aliphatic rings. The SMILES string of the molecule is CC(C)(C)c1cc(-c2cccc3[nH]c(-c4ccccc4)nc23)c2c(c1)N(c1ccc3c(c1)C(C)(C)CCC3(C)C)c1cc3c(cc1[B]2)C(C)(C)CCC3(C)C. The first-order valence-corrected chi connectivity index (χ1v) is 20.6. The Bertz CT molecular complexity index is 2510. The molecule has 1 aromatic heterocycles. The third-order valence-electron chi connectivity index (χ3n) is 13.8. The first-order valence-electron chi connectivity index (χ1n) is 20.6. The van der Waals surface area contributed by atoms with Crippen LogP contribution in [0.4, 0.5) is 17.1 Å². The molecule has 0 unspecified atom stereocenters. The number of H-pyrrole nitrogens is 1. The van der Waals surface area contributed by atoms with Gasteiger partial charge in [0.25, 0.3) is 0 Å². The Labute approximate surface area is 330 Å². The van der Waals surface area contributed by atoms with E-state index < -0.39 is 0 Å². The number of nitrogens with one attached hydrogen (secondary N) is 1. The summed E-state index contributed by atoms with van der Waals surface area (Å²) >= 11 is 0. The largest absolute Gasteiger partial charge is 0.338 e. The Morgan fingerprint density at radius 1 is 0.600 bits per heavy atom. The summed E-state index contributed by atoms with van der Waals surface area (Å²) in [5.74, 6) is 0.899. The monoisotopic (exact) mass is 722 g/mol. The quantitative estimate of drug-likeness (QED) is 0.184. The van der Waals surface area contributed by atoms with E-state index in [-0.39, 0.29) is 27.1 Å². The Kier molecular flexibility index (Phi) is 7.85. The van der Waals surface area contributed by atoms with Gasteiger partial charge in [-0.2, -0.15) is 0 Å². The van der Waals surface area contributed by atoms with Crippen LogP contribution in [0, 0.1) is 0 Å². The zero-order valence-electron chi connectivity index (χ0n) is 35.0. The topological polar surface area (TPSA) is 31.9 Å². The minimum Gasteiger partial charge on any atom is -0.338 e. The molecular formula is C51H57BN3. The lowest BCUT2D eigenvalue weighted by atomic mass is 9.55. The highest BCUT2D eigenvalue weighted by Gasteiger charge is 2.41. The fourth-order valence-corrected chi connectivity index (χ4v) is 9.82. The van der Waals surface area contributed by atoms with Crippen molar-refractivity contribution < 1.29 is 0 Å². The van der Waals surface area contributed by atoms with Gasteiger partial charge < -0.3 is 9.88 Å². The highest BCUT2D eigenvalue weighted by Crippen LogP contribution is 2.51. The van der Waals surface area contributed by atoms with E-state index in [0.29, 0.717) is 0 Å². The van der Waals surface area contributed by atoms with Crippen molar-refractivity contribution in [1.29, 1.82) is 0 Å². The van der Waals surface area contributed by atoms with Gasteiger partial charge in [0.05, 0.1) is 11.0 Å². The molecule has 0 atom stereocenters. The molecule has 1 N–H and O–H groups in total. The van der Waals surface area contributed by atoms with Crippen LogP contribution in [-0.4, -0.2) is 17.2 Å². The average molecular weight is 723 g/mol. The van der Waals surface area contributed by atoms with Crippen LogP contribution in [0.1, 0.15) is 130 Å². The van der Waals surface area contributed by atoms with E-state index in [1.807, 2.05) is 0 Å². The van der Waals surface area contributed by atoms with Crippen LogP contribution < -0.4 is 15.8 Å². The van der Waals surface area contributed by atoms with Crippen molar-refractivity contribution in [2.75, 3.05) is 4.90 Å². The Hall–Kier alpha value is -4.57. The molecule has 4 heteroatoms. The van der Waals surface area contributed by atoms with Crippen LogP contribution in [0.15, 0.2) is 91.0 Å². The summed E-state index contributed by atoms with van der Waals surface area (Å²) in [6.45, 7) is 26.6. The summed E-state index contributed by atoms with van der Waals surface area (Å²) < 4.78 is 0. The standard InChI is InChI=1S/C51H57BN3/c1-47(2,3)32-26-35(34-18-15-19-41-45(34)54-46(53-41)31-16-13-12-14-17-31)44-43(27-32)55(33-20-21-36-37(28-33)49(6,7)23-22-48(36,4)5)42-30-39-38(29-40(42)52-44)50(8,9)24-25-51(39,10)11/h12-21,26-30H,22-25H2,1-11H3,(H,53,54). The molecule has 3 nitrogen and oxygen atoms in total. The van der Waals surface area contributed by atoms with Gasteiger partial charge in [-0.25, -0.2) is 4.98 Å². The number of hydrogen-bond acceptors (Lipinski definition) is 2. The lowest BCUT2D eigenvalue weighted by molar-refractivity contribution is 0.332. The van der Waals surface area contributed by atoms with Crippen molar-refractivity contribution in [1.82, 2.24) is 9.97 Å². The molecule has 2 heterocycles. The number of nitrogens with zero attached hydrogens (tertiary/aromatic N) is 2. The molecule has 279 valence electrons. The van der Waals surface area contributed by atoms with Gasteiger partial charge in [0.2, 0.25) is 0 Å². The van der Waals surface area contributed by atoms with Gasteiger partial charge in [-0.15, -0.1) is 0 Å². The number of hydrogen-bond donors (Lipinski definition) is 1. The summed E-state index contributed by atoms with van der Waals surface area (Å²) in [5.41, 5.74) is 19.5. The van der Waals surface area contributed by atoms with E-state index in [4.69, 9.17) is 4.98 Å². The van der Waals surface area contributed by atoms with Crippen LogP contribution in [-0.2, 0) is 27.1 Å². The van der Waals surface area contributed by atoms with Crippen LogP contribution in [0.2, 0.25) is 0 Å². The number of aromatic amines is 1. The molecule has 0 saturated heterocycles. The van der Waals surface area contributed by atoms with E-state index in [2.05, 4.69) is 184 Å². The van der Waals surface area contributed by atoms with Crippen molar-refractivity contribution in [3.63, 3.8) is 0 Å². The number of anilines is 3. The summed E-state index contributed by atoms with van der Waals surface area (Å²) in [4.78, 5) is 11.6. The number of para-hydroxylation sites is 1. The van der Waals surface area contributed by atoms with Crippen molar-refractivity contribution in [3.8, 4) is 22.5 Å². The molecule has 0 saturated carbocycles. The van der Waals surface area contributed by atoms with Crippen LogP contribution in [0.5, 0.6) is 0 Å². The minimum absolute atomic E-state index is 0.0753. The Morgan fingerprint density at radius 3 is 1.87 bits per heavy atom. The average Bonchev–Trinajstić information content (AvgIpc) is 3.59. The van der Waals surface area contributed by atoms with Gasteiger partial charge in [-0.1, -0.05) is 142 Å². The number of fused-ring (bicyclic) bond motifs is 5. The van der Waals surface area contributed by atoms with Gasteiger partial charge >= 0.3 is 0 Å². The van der Waals surface area contributed by atoms with Crippen molar-refractivity contribution in [2.45, 2.75) is 129 Å². The summed E-state index contributed by atoms with van der Waals surface area (Å²) in [6.07, 6.45) is 4.76. The molecule has 6 aromatic rings. The smallest absolute Gasteiger partial charge is 0.197 e. The van der Waals surface area contributed by atoms with Crippen LogP contribution in [0.3, 0.4) is 0 Å². The number of benzene rings is 5. The minimum atomic E-state index is -0.0753. The summed E-state index contributed by atoms with van der Waals surface area (Å²) in [7, 11) is 2.50. The molecule has 2 aliphatic carbocycles. The first kappa shape index (κ1) is 36.1. The first-order chi connectivity index (χ1) is 25.8. The second-order valence-corrected chi connectivity index (χ2v) is 20.6. The fourth-order valence-electron chi connectivity index (χ4n) is 9.82. The van der Waals surface area contributed by atoms with Crippen molar-refractivity contribution in [3.05, 3.63) is 119 Å². The molecular weight excluding hydrogens is 665 g/mol. The second-order valence-electron chi connectivity index (χ2n) is 20.6. The second kappa shape index (κ2) is 12.0. The highest BCUT2D eigenvalue weighted by molar-refractivity contribution is 6.73. The van der Waals surface area contributed by atoms with E-state index in [1.165, 1.54) is 87.1 Å². The van der Waals surface area contributed by atoms with E-state index in [1.54, 1.807) is 0 Å². The van der Waals surface area contributed by atoms with Crippen molar-refractivity contribution in [2.24, 2.45) is 0 Å². The third-order valence-corrected chi connectivity index (χ3v) is 13.8. The lowest BCUT2D eigenvalue weighted by Crippen LogP contribution is -2.44. The van der Waals surface area contributed by atoms with Crippen LogP contribution in [0.25, 0.3) is 33.5 Å². The molecule has 0 fully saturated rings. The normalized spacial score (nSPS) is 18.9. The zero-order chi connectivity index (χ0) is 38.9. The predicted molar refractivity (Wildman–Crippen MR) is 236 cm³/mol. The zero-order valence-corrected chi connectivity index (χ0v) is 35.0. The molecule has 0 bridgehead atoms. The fraction of sp³-hybridized carbons (Fsp3) is 0.392.